The summed E-state index contributed by atoms with van der Waals surface area (Å²) >= 11 is 12.9. The second-order valence-electron chi connectivity index (χ2n) is 3.90. The summed E-state index contributed by atoms with van der Waals surface area (Å²) in [5, 5.41) is 3.90. The lowest BCUT2D eigenvalue weighted by Crippen LogP contribution is -2.08. The molecule has 1 atom stereocenters. The Kier molecular flexibility index (Phi) is 4.65. The van der Waals surface area contributed by atoms with Crippen molar-refractivity contribution >= 4 is 49.3 Å². The number of benzene rings is 1. The lowest BCUT2D eigenvalue weighted by atomic mass is 10.1. The number of aromatic nitrogens is 1. The largest absolute Gasteiger partial charge is 0.362 e. The van der Waals surface area contributed by atoms with Crippen LogP contribution in [0.1, 0.15) is 18.5 Å². The monoisotopic (exact) mass is 388 g/mol. The Bertz CT molecular complexity index is 560. The molecule has 1 unspecified atom stereocenters. The maximum absolute atomic E-state index is 6.13. The first-order valence-electron chi connectivity index (χ1n) is 5.39. The van der Waals surface area contributed by atoms with Gasteiger partial charge < -0.3 is 5.32 Å². The SMILES string of the molecule is CC(Nc1ncc(Br)cc1Cl)c1cccc(Br)c1. The normalized spacial score (nSPS) is 12.2. The minimum absolute atomic E-state index is 0.133. The van der Waals surface area contributed by atoms with E-state index < -0.39 is 0 Å². The van der Waals surface area contributed by atoms with Crippen molar-refractivity contribution in [3.8, 4) is 0 Å². The first kappa shape index (κ1) is 13.8. The standard InChI is InChI=1S/C13H11Br2ClN2/c1-8(9-3-2-4-10(14)5-9)18-13-12(16)6-11(15)7-17-13/h2-8H,1H3,(H,17,18). The molecule has 0 saturated carbocycles. The minimum atomic E-state index is 0.133. The van der Waals surface area contributed by atoms with Gasteiger partial charge in [0.1, 0.15) is 5.82 Å². The molecule has 0 saturated heterocycles. The highest BCUT2D eigenvalue weighted by molar-refractivity contribution is 9.10. The molecular weight excluding hydrogens is 379 g/mol. The lowest BCUT2D eigenvalue weighted by Gasteiger charge is -2.16. The van der Waals surface area contributed by atoms with Crippen molar-refractivity contribution in [3.05, 3.63) is 56.1 Å². The fourth-order valence-electron chi connectivity index (χ4n) is 1.59. The molecule has 2 aromatic rings. The molecule has 0 aliphatic carbocycles. The van der Waals surface area contributed by atoms with Gasteiger partial charge in [0.05, 0.1) is 11.1 Å². The van der Waals surface area contributed by atoms with E-state index in [1.54, 1.807) is 6.20 Å². The predicted molar refractivity (Wildman–Crippen MR) is 83.1 cm³/mol. The molecular formula is C13H11Br2ClN2. The highest BCUT2D eigenvalue weighted by atomic mass is 79.9. The van der Waals surface area contributed by atoms with Crippen molar-refractivity contribution in [1.29, 1.82) is 0 Å². The van der Waals surface area contributed by atoms with Crippen molar-refractivity contribution < 1.29 is 0 Å². The van der Waals surface area contributed by atoms with Crippen LogP contribution in [0.15, 0.2) is 45.5 Å². The molecule has 0 radical (unpaired) electrons. The predicted octanol–water partition coefficient (Wildman–Crippen LogP) is 5.43. The molecule has 2 rings (SSSR count). The van der Waals surface area contributed by atoms with E-state index >= 15 is 0 Å². The van der Waals surface area contributed by atoms with Crippen molar-refractivity contribution in [2.24, 2.45) is 0 Å². The van der Waals surface area contributed by atoms with Gasteiger partial charge in [0, 0.05) is 15.1 Å². The Hall–Kier alpha value is -0.580. The second kappa shape index (κ2) is 6.04. The fraction of sp³-hybridized carbons (Fsp3) is 0.154. The summed E-state index contributed by atoms with van der Waals surface area (Å²) in [6.07, 6.45) is 1.72. The van der Waals surface area contributed by atoms with Crippen molar-refractivity contribution in [2.75, 3.05) is 5.32 Å². The molecule has 0 aliphatic rings. The first-order chi connectivity index (χ1) is 8.56. The van der Waals surface area contributed by atoms with E-state index in [0.29, 0.717) is 10.8 Å². The van der Waals surface area contributed by atoms with Crippen molar-refractivity contribution in [2.45, 2.75) is 13.0 Å². The summed E-state index contributed by atoms with van der Waals surface area (Å²) in [5.74, 6) is 0.687. The number of nitrogens with zero attached hydrogens (tertiary/aromatic N) is 1. The van der Waals surface area contributed by atoms with Gasteiger partial charge in [-0.15, -0.1) is 0 Å². The number of hydrogen-bond donors (Lipinski definition) is 1. The molecule has 94 valence electrons. The van der Waals surface area contributed by atoms with Gasteiger partial charge >= 0.3 is 0 Å². The van der Waals surface area contributed by atoms with Crippen LogP contribution in [-0.4, -0.2) is 4.98 Å². The molecule has 0 amide bonds. The average Bonchev–Trinajstić information content (AvgIpc) is 2.32. The van der Waals surface area contributed by atoms with Crippen LogP contribution in [0.3, 0.4) is 0 Å². The summed E-state index contributed by atoms with van der Waals surface area (Å²) in [4.78, 5) is 4.26. The topological polar surface area (TPSA) is 24.9 Å². The Labute approximate surface area is 128 Å². The van der Waals surface area contributed by atoms with Crippen LogP contribution < -0.4 is 5.32 Å². The number of pyridine rings is 1. The van der Waals surface area contributed by atoms with E-state index in [1.807, 2.05) is 18.2 Å². The minimum Gasteiger partial charge on any atom is -0.362 e. The molecule has 1 heterocycles. The van der Waals surface area contributed by atoms with E-state index in [0.717, 1.165) is 8.95 Å². The Morgan fingerprint density at radius 2 is 2.00 bits per heavy atom. The smallest absolute Gasteiger partial charge is 0.145 e. The van der Waals surface area contributed by atoms with E-state index in [2.05, 4.69) is 61.2 Å². The molecule has 1 aromatic carbocycles. The lowest BCUT2D eigenvalue weighted by molar-refractivity contribution is 0.873. The van der Waals surface area contributed by atoms with Crippen LogP contribution >= 0.6 is 43.5 Å². The van der Waals surface area contributed by atoms with Gasteiger partial charge in [-0.05, 0) is 46.6 Å². The zero-order chi connectivity index (χ0) is 13.1. The number of hydrogen-bond acceptors (Lipinski definition) is 2. The third kappa shape index (κ3) is 3.46. The van der Waals surface area contributed by atoms with Crippen LogP contribution in [0, 0.1) is 0 Å². The van der Waals surface area contributed by atoms with Crippen LogP contribution in [-0.2, 0) is 0 Å². The second-order valence-corrected chi connectivity index (χ2v) is 6.14. The molecule has 0 fully saturated rings. The van der Waals surface area contributed by atoms with Gasteiger partial charge in [-0.3, -0.25) is 0 Å². The molecule has 2 nitrogen and oxygen atoms in total. The number of halogens is 3. The average molecular weight is 391 g/mol. The van der Waals surface area contributed by atoms with Crippen molar-refractivity contribution in [3.63, 3.8) is 0 Å². The van der Waals surface area contributed by atoms with Gasteiger partial charge in [-0.1, -0.05) is 39.7 Å². The third-order valence-corrected chi connectivity index (χ3v) is 3.72. The molecule has 5 heteroatoms. The third-order valence-electron chi connectivity index (χ3n) is 2.51. The summed E-state index contributed by atoms with van der Waals surface area (Å²) in [6, 6.07) is 10.1. The van der Waals surface area contributed by atoms with E-state index in [4.69, 9.17) is 11.6 Å². The molecule has 1 aromatic heterocycles. The molecule has 1 N–H and O–H groups in total. The zero-order valence-corrected chi connectivity index (χ0v) is 13.6. The van der Waals surface area contributed by atoms with Crippen molar-refractivity contribution in [1.82, 2.24) is 4.98 Å². The highest BCUT2D eigenvalue weighted by Crippen LogP contribution is 2.27. The molecule has 0 aliphatic heterocycles. The zero-order valence-electron chi connectivity index (χ0n) is 9.62. The van der Waals surface area contributed by atoms with Gasteiger partial charge in [0.2, 0.25) is 0 Å². The van der Waals surface area contributed by atoms with E-state index in [1.165, 1.54) is 5.56 Å². The summed E-state index contributed by atoms with van der Waals surface area (Å²) in [7, 11) is 0. The Morgan fingerprint density at radius 3 is 2.67 bits per heavy atom. The molecule has 0 spiro atoms. The van der Waals surface area contributed by atoms with Crippen LogP contribution in [0.25, 0.3) is 0 Å². The quantitative estimate of drug-likeness (QED) is 0.756. The number of rotatable bonds is 3. The maximum atomic E-state index is 6.13. The Balaban J connectivity index is 2.18. The van der Waals surface area contributed by atoms with Gasteiger partial charge in [-0.2, -0.15) is 0 Å². The van der Waals surface area contributed by atoms with Crippen LogP contribution in [0.5, 0.6) is 0 Å². The summed E-state index contributed by atoms with van der Waals surface area (Å²) in [5.41, 5.74) is 1.17. The van der Waals surface area contributed by atoms with Gasteiger partial charge in [-0.25, -0.2) is 4.98 Å². The van der Waals surface area contributed by atoms with Crippen LogP contribution in [0.4, 0.5) is 5.82 Å². The highest BCUT2D eigenvalue weighted by Gasteiger charge is 2.09. The van der Waals surface area contributed by atoms with E-state index in [-0.39, 0.29) is 6.04 Å². The Morgan fingerprint density at radius 1 is 1.22 bits per heavy atom. The fourth-order valence-corrected chi connectivity index (χ4v) is 2.69. The maximum Gasteiger partial charge on any atom is 0.145 e. The van der Waals surface area contributed by atoms with Gasteiger partial charge in [0.15, 0.2) is 0 Å². The van der Waals surface area contributed by atoms with Crippen LogP contribution in [0.2, 0.25) is 5.02 Å². The van der Waals surface area contributed by atoms with E-state index in [9.17, 15) is 0 Å². The number of anilines is 1. The molecule has 18 heavy (non-hydrogen) atoms. The summed E-state index contributed by atoms with van der Waals surface area (Å²) < 4.78 is 1.93. The summed E-state index contributed by atoms with van der Waals surface area (Å²) in [6.45, 7) is 2.07. The van der Waals surface area contributed by atoms with Gasteiger partial charge in [0.25, 0.3) is 0 Å². The first-order valence-corrected chi connectivity index (χ1v) is 7.35. The number of nitrogens with one attached hydrogen (secondary N) is 1. The molecule has 0 bridgehead atoms.